The van der Waals surface area contributed by atoms with E-state index >= 15 is 0 Å². The van der Waals surface area contributed by atoms with Gasteiger partial charge in [0.15, 0.2) is 0 Å². The molecule has 0 fully saturated rings. The van der Waals surface area contributed by atoms with Crippen LogP contribution in [0.15, 0.2) is 38.6 Å². The zero-order chi connectivity index (χ0) is 13.1. The van der Waals surface area contributed by atoms with E-state index in [9.17, 15) is 0 Å². The lowest BCUT2D eigenvalue weighted by atomic mass is 10.0. The molecular formula is C12H12Br2N2OS. The van der Waals surface area contributed by atoms with Crippen LogP contribution in [0.1, 0.15) is 16.5 Å². The van der Waals surface area contributed by atoms with Crippen molar-refractivity contribution < 1.29 is 4.74 Å². The van der Waals surface area contributed by atoms with Crippen LogP contribution in [0.5, 0.6) is 5.75 Å². The quantitative estimate of drug-likeness (QED) is 0.614. The van der Waals surface area contributed by atoms with Gasteiger partial charge in [-0.1, -0.05) is 18.2 Å². The third kappa shape index (κ3) is 2.78. The average Bonchev–Trinajstić information content (AvgIpc) is 2.71. The van der Waals surface area contributed by atoms with Gasteiger partial charge in [0.05, 0.1) is 16.9 Å². The van der Waals surface area contributed by atoms with Crippen LogP contribution in [-0.4, -0.2) is 7.11 Å². The maximum atomic E-state index is 5.69. The van der Waals surface area contributed by atoms with Crippen molar-refractivity contribution in [3.8, 4) is 5.75 Å². The average molecular weight is 392 g/mol. The molecule has 3 N–H and O–H groups in total. The Labute approximate surface area is 127 Å². The van der Waals surface area contributed by atoms with E-state index in [-0.39, 0.29) is 6.04 Å². The Morgan fingerprint density at radius 1 is 1.33 bits per heavy atom. The van der Waals surface area contributed by atoms with Gasteiger partial charge in [0, 0.05) is 14.9 Å². The highest BCUT2D eigenvalue weighted by Crippen LogP contribution is 2.39. The number of hydrogen-bond donors (Lipinski definition) is 2. The first-order valence-corrected chi connectivity index (χ1v) is 7.61. The largest absolute Gasteiger partial charge is 0.496 e. The first kappa shape index (κ1) is 14.0. The van der Waals surface area contributed by atoms with Gasteiger partial charge in [0.2, 0.25) is 0 Å². The van der Waals surface area contributed by atoms with Crippen LogP contribution < -0.4 is 16.0 Å². The standard InChI is InChI=1S/C12H12Br2N2OS/c1-17-9-5-3-2-4-7(9)11(16-15)10-6-8(13)12(14)18-10/h2-6,11,16H,15H2,1H3. The molecule has 18 heavy (non-hydrogen) atoms. The second-order valence-electron chi connectivity index (χ2n) is 3.61. The fraction of sp³-hybridized carbons (Fsp3) is 0.167. The molecule has 0 radical (unpaired) electrons. The summed E-state index contributed by atoms with van der Waals surface area (Å²) < 4.78 is 7.45. The summed E-state index contributed by atoms with van der Waals surface area (Å²) in [6.07, 6.45) is 0. The number of rotatable bonds is 4. The summed E-state index contributed by atoms with van der Waals surface area (Å²) in [5.74, 6) is 6.51. The molecule has 1 aromatic carbocycles. The molecule has 1 atom stereocenters. The Morgan fingerprint density at radius 2 is 2.06 bits per heavy atom. The number of benzene rings is 1. The van der Waals surface area contributed by atoms with E-state index in [2.05, 4.69) is 37.3 Å². The Balaban J connectivity index is 2.45. The molecule has 0 bridgehead atoms. The molecule has 3 nitrogen and oxygen atoms in total. The SMILES string of the molecule is COc1ccccc1C(NN)c1cc(Br)c(Br)s1. The predicted molar refractivity (Wildman–Crippen MR) is 81.9 cm³/mol. The van der Waals surface area contributed by atoms with E-state index in [0.29, 0.717) is 0 Å². The van der Waals surface area contributed by atoms with Gasteiger partial charge in [-0.3, -0.25) is 5.84 Å². The number of methoxy groups -OCH3 is 1. The van der Waals surface area contributed by atoms with E-state index in [1.54, 1.807) is 18.4 Å². The molecule has 6 heteroatoms. The first-order valence-electron chi connectivity index (χ1n) is 5.21. The van der Waals surface area contributed by atoms with Crippen molar-refractivity contribution >= 4 is 43.2 Å². The highest BCUT2D eigenvalue weighted by Gasteiger charge is 2.19. The first-order chi connectivity index (χ1) is 8.67. The second kappa shape index (κ2) is 6.16. The summed E-state index contributed by atoms with van der Waals surface area (Å²) in [4.78, 5) is 1.11. The van der Waals surface area contributed by atoms with E-state index in [1.807, 2.05) is 30.3 Å². The summed E-state index contributed by atoms with van der Waals surface area (Å²) in [5, 5.41) is 0. The van der Waals surface area contributed by atoms with Crippen LogP contribution >= 0.6 is 43.2 Å². The topological polar surface area (TPSA) is 47.3 Å². The Bertz CT molecular complexity index is 525. The molecule has 96 valence electrons. The highest BCUT2D eigenvalue weighted by atomic mass is 79.9. The van der Waals surface area contributed by atoms with Crippen LogP contribution in [0.2, 0.25) is 0 Å². The second-order valence-corrected chi connectivity index (χ2v) is 6.87. The molecule has 1 heterocycles. The fourth-order valence-corrected chi connectivity index (χ4v) is 3.90. The summed E-state index contributed by atoms with van der Waals surface area (Å²) in [6.45, 7) is 0. The molecule has 0 amide bonds. The van der Waals surface area contributed by atoms with Crippen molar-refractivity contribution in [1.29, 1.82) is 0 Å². The zero-order valence-corrected chi connectivity index (χ0v) is 13.6. The van der Waals surface area contributed by atoms with Crippen molar-refractivity contribution in [2.24, 2.45) is 5.84 Å². The van der Waals surface area contributed by atoms with Crippen LogP contribution in [-0.2, 0) is 0 Å². The van der Waals surface area contributed by atoms with Crippen LogP contribution in [0.3, 0.4) is 0 Å². The Morgan fingerprint density at radius 3 is 2.61 bits per heavy atom. The summed E-state index contributed by atoms with van der Waals surface area (Å²) in [7, 11) is 1.66. The Hall–Kier alpha value is -0.400. The monoisotopic (exact) mass is 390 g/mol. The summed E-state index contributed by atoms with van der Waals surface area (Å²) in [6, 6.07) is 9.80. The number of nitrogens with two attached hydrogens (primary N) is 1. The molecule has 1 unspecified atom stereocenters. The molecular weight excluding hydrogens is 380 g/mol. The molecule has 0 aliphatic heterocycles. The molecule has 0 aliphatic carbocycles. The minimum Gasteiger partial charge on any atom is -0.496 e. The molecule has 1 aromatic heterocycles. The van der Waals surface area contributed by atoms with Gasteiger partial charge in [-0.2, -0.15) is 0 Å². The van der Waals surface area contributed by atoms with Gasteiger partial charge in [-0.25, -0.2) is 5.43 Å². The van der Waals surface area contributed by atoms with Crippen molar-refractivity contribution in [2.45, 2.75) is 6.04 Å². The number of thiophene rings is 1. The van der Waals surface area contributed by atoms with Gasteiger partial charge in [-0.15, -0.1) is 11.3 Å². The van der Waals surface area contributed by atoms with Gasteiger partial charge in [-0.05, 0) is 44.0 Å². The number of halogens is 2. The number of ether oxygens (including phenoxy) is 1. The third-order valence-corrected chi connectivity index (χ3v) is 5.89. The number of hydrazine groups is 1. The van der Waals surface area contributed by atoms with E-state index < -0.39 is 0 Å². The zero-order valence-electron chi connectivity index (χ0n) is 9.61. The lowest BCUT2D eigenvalue weighted by molar-refractivity contribution is 0.404. The van der Waals surface area contributed by atoms with Crippen molar-refractivity contribution in [3.63, 3.8) is 0 Å². The summed E-state index contributed by atoms with van der Waals surface area (Å²) in [5.41, 5.74) is 3.86. The van der Waals surface area contributed by atoms with E-state index in [4.69, 9.17) is 10.6 Å². The molecule has 0 saturated carbocycles. The third-order valence-electron chi connectivity index (χ3n) is 2.57. The summed E-state index contributed by atoms with van der Waals surface area (Å²) >= 11 is 8.61. The molecule has 0 saturated heterocycles. The number of hydrogen-bond acceptors (Lipinski definition) is 4. The van der Waals surface area contributed by atoms with E-state index in [1.165, 1.54) is 0 Å². The highest BCUT2D eigenvalue weighted by molar-refractivity contribution is 9.13. The Kier molecular flexibility index (Phi) is 4.80. The van der Waals surface area contributed by atoms with Gasteiger partial charge >= 0.3 is 0 Å². The maximum absolute atomic E-state index is 5.69. The van der Waals surface area contributed by atoms with Crippen molar-refractivity contribution in [1.82, 2.24) is 5.43 Å². The molecule has 0 aliphatic rings. The molecule has 2 rings (SSSR count). The van der Waals surface area contributed by atoms with Crippen LogP contribution in [0, 0.1) is 0 Å². The van der Waals surface area contributed by atoms with Gasteiger partial charge in [0.1, 0.15) is 5.75 Å². The normalized spacial score (nSPS) is 12.4. The maximum Gasteiger partial charge on any atom is 0.124 e. The number of nitrogens with one attached hydrogen (secondary N) is 1. The minimum absolute atomic E-state index is 0.0891. The van der Waals surface area contributed by atoms with Gasteiger partial charge < -0.3 is 4.74 Å². The van der Waals surface area contributed by atoms with Crippen LogP contribution in [0.25, 0.3) is 0 Å². The molecule has 2 aromatic rings. The van der Waals surface area contributed by atoms with Crippen molar-refractivity contribution in [3.05, 3.63) is 49.0 Å². The number of para-hydroxylation sites is 1. The fourth-order valence-electron chi connectivity index (χ4n) is 1.74. The van der Waals surface area contributed by atoms with Gasteiger partial charge in [0.25, 0.3) is 0 Å². The van der Waals surface area contributed by atoms with E-state index in [0.717, 1.165) is 24.4 Å². The smallest absolute Gasteiger partial charge is 0.124 e. The van der Waals surface area contributed by atoms with Crippen LogP contribution in [0.4, 0.5) is 0 Å². The lowest BCUT2D eigenvalue weighted by Gasteiger charge is -2.17. The lowest BCUT2D eigenvalue weighted by Crippen LogP contribution is -2.28. The minimum atomic E-state index is -0.0891. The predicted octanol–water partition coefficient (Wildman–Crippen LogP) is 3.83. The van der Waals surface area contributed by atoms with Crippen molar-refractivity contribution in [2.75, 3.05) is 7.11 Å². The molecule has 0 spiro atoms.